The summed E-state index contributed by atoms with van der Waals surface area (Å²) in [4.78, 5) is 30.7. The molecule has 0 spiro atoms. The second-order valence-electron chi connectivity index (χ2n) is 10.5. The first-order valence-electron chi connectivity index (χ1n) is 14.1. The fraction of sp³-hybridized carbons (Fsp3) is 0.433. The molecular formula is C30H35FN8O2. The van der Waals surface area contributed by atoms with Gasteiger partial charge in [0.1, 0.15) is 17.9 Å². The van der Waals surface area contributed by atoms with Crippen LogP contribution in [0.25, 0.3) is 12.0 Å². The van der Waals surface area contributed by atoms with Crippen molar-refractivity contribution < 1.29 is 13.9 Å². The van der Waals surface area contributed by atoms with Gasteiger partial charge in [-0.25, -0.2) is 24.1 Å². The van der Waals surface area contributed by atoms with Crippen molar-refractivity contribution in [2.24, 2.45) is 11.7 Å². The molecule has 3 heterocycles. The lowest BCUT2D eigenvalue weighted by molar-refractivity contribution is 0.250. The van der Waals surface area contributed by atoms with Gasteiger partial charge in [-0.15, -0.1) is 0 Å². The van der Waals surface area contributed by atoms with E-state index < -0.39 is 6.03 Å². The van der Waals surface area contributed by atoms with Crippen molar-refractivity contribution in [3.05, 3.63) is 64.8 Å². The maximum atomic E-state index is 13.9. The van der Waals surface area contributed by atoms with Crippen LogP contribution >= 0.6 is 0 Å². The number of nitriles is 1. The SMILES string of the molecule is CCN(CC)CCN(C(N)=O)c1cnc(-n2cnc3c2C=C(C#N)C(C)C3)nc1C[C@@H]1CCOc2cc(F)ccc21. The number of hydrogen-bond acceptors (Lipinski definition) is 7. The van der Waals surface area contributed by atoms with Crippen molar-refractivity contribution in [3.8, 4) is 17.8 Å². The summed E-state index contributed by atoms with van der Waals surface area (Å²) in [5, 5.41) is 9.62. The molecule has 1 aliphatic heterocycles. The van der Waals surface area contributed by atoms with Gasteiger partial charge < -0.3 is 15.4 Å². The van der Waals surface area contributed by atoms with Gasteiger partial charge in [-0.05, 0) is 61.9 Å². The van der Waals surface area contributed by atoms with E-state index in [1.807, 2.05) is 13.0 Å². The minimum atomic E-state index is -0.584. The molecule has 1 aliphatic carbocycles. The fourth-order valence-corrected chi connectivity index (χ4v) is 5.60. The van der Waals surface area contributed by atoms with Gasteiger partial charge in [0.2, 0.25) is 5.95 Å². The number of benzene rings is 1. The third-order valence-corrected chi connectivity index (χ3v) is 8.05. The monoisotopic (exact) mass is 558 g/mol. The van der Waals surface area contributed by atoms with Crippen molar-refractivity contribution >= 4 is 17.8 Å². The number of hydrogen-bond donors (Lipinski definition) is 1. The Morgan fingerprint density at radius 1 is 1.27 bits per heavy atom. The molecule has 0 radical (unpaired) electrons. The summed E-state index contributed by atoms with van der Waals surface area (Å²) in [6.45, 7) is 9.34. The molecule has 2 N–H and O–H groups in total. The molecule has 41 heavy (non-hydrogen) atoms. The number of urea groups is 1. The van der Waals surface area contributed by atoms with Crippen molar-refractivity contribution in [2.75, 3.05) is 37.7 Å². The van der Waals surface area contributed by atoms with Crippen molar-refractivity contribution in [2.45, 2.75) is 46.0 Å². The van der Waals surface area contributed by atoms with Gasteiger partial charge in [-0.2, -0.15) is 5.26 Å². The van der Waals surface area contributed by atoms with Crippen LogP contribution in [0.1, 0.15) is 55.8 Å². The Morgan fingerprint density at radius 3 is 2.80 bits per heavy atom. The van der Waals surface area contributed by atoms with Crippen LogP contribution in [-0.4, -0.2) is 63.2 Å². The highest BCUT2D eigenvalue weighted by atomic mass is 19.1. The van der Waals surface area contributed by atoms with E-state index in [-0.39, 0.29) is 17.7 Å². The summed E-state index contributed by atoms with van der Waals surface area (Å²) in [5.74, 6) is 0.635. The fourth-order valence-electron chi connectivity index (χ4n) is 5.60. The average molecular weight is 559 g/mol. The molecule has 2 aliphatic rings. The number of anilines is 1. The first kappa shape index (κ1) is 28.2. The lowest BCUT2D eigenvalue weighted by Gasteiger charge is -2.29. The van der Waals surface area contributed by atoms with Gasteiger partial charge in [-0.3, -0.25) is 9.47 Å². The van der Waals surface area contributed by atoms with E-state index >= 15 is 0 Å². The number of ether oxygens (including phenoxy) is 1. The topological polar surface area (TPSA) is 126 Å². The quantitative estimate of drug-likeness (QED) is 0.416. The van der Waals surface area contributed by atoms with E-state index in [4.69, 9.17) is 15.5 Å². The van der Waals surface area contributed by atoms with Crippen LogP contribution in [0.3, 0.4) is 0 Å². The number of amides is 2. The molecular weight excluding hydrogens is 523 g/mol. The van der Waals surface area contributed by atoms with E-state index in [0.717, 1.165) is 30.0 Å². The molecule has 10 nitrogen and oxygen atoms in total. The molecule has 0 saturated heterocycles. The normalized spacial score (nSPS) is 17.7. The molecule has 2 aromatic heterocycles. The van der Waals surface area contributed by atoms with E-state index in [2.05, 4.69) is 34.8 Å². The van der Waals surface area contributed by atoms with Crippen LogP contribution in [0.4, 0.5) is 14.9 Å². The summed E-state index contributed by atoms with van der Waals surface area (Å²) >= 11 is 0. The molecule has 0 fully saturated rings. The summed E-state index contributed by atoms with van der Waals surface area (Å²) in [7, 11) is 0. The zero-order valence-electron chi connectivity index (χ0n) is 23.7. The van der Waals surface area contributed by atoms with Crippen molar-refractivity contribution in [1.82, 2.24) is 24.4 Å². The number of nitrogens with zero attached hydrogens (tertiary/aromatic N) is 7. The first-order valence-corrected chi connectivity index (χ1v) is 14.1. The number of aromatic nitrogens is 4. The lowest BCUT2D eigenvalue weighted by Crippen LogP contribution is -2.42. The Balaban J connectivity index is 1.57. The summed E-state index contributed by atoms with van der Waals surface area (Å²) in [6, 6.07) is 6.30. The smallest absolute Gasteiger partial charge is 0.319 e. The number of halogens is 1. The minimum absolute atomic E-state index is 0.0130. The van der Waals surface area contributed by atoms with Crippen LogP contribution in [0.15, 0.2) is 36.3 Å². The number of carbonyl (C=O) groups is 1. The summed E-state index contributed by atoms with van der Waals surface area (Å²) in [5.41, 5.74) is 10.3. The number of fused-ring (bicyclic) bond motifs is 2. The van der Waals surface area contributed by atoms with Crippen molar-refractivity contribution in [1.29, 1.82) is 5.26 Å². The molecule has 0 bridgehead atoms. The highest BCUT2D eigenvalue weighted by Gasteiger charge is 2.28. The molecule has 5 rings (SSSR count). The number of primary amides is 1. The minimum Gasteiger partial charge on any atom is -0.493 e. The molecule has 2 atom stereocenters. The Morgan fingerprint density at radius 2 is 2.07 bits per heavy atom. The maximum absolute atomic E-state index is 13.9. The number of likely N-dealkylation sites (N-methyl/N-ethyl adjacent to an activating group) is 1. The number of carbonyl (C=O) groups excluding carboxylic acids is 1. The highest BCUT2D eigenvalue weighted by Crippen LogP contribution is 2.38. The van der Waals surface area contributed by atoms with Gasteiger partial charge >= 0.3 is 6.03 Å². The Hall–Kier alpha value is -4.30. The second kappa shape index (κ2) is 12.1. The molecule has 11 heteroatoms. The van der Waals surface area contributed by atoms with Gasteiger partial charge in [0, 0.05) is 24.7 Å². The summed E-state index contributed by atoms with van der Waals surface area (Å²) < 4.78 is 21.5. The van der Waals surface area contributed by atoms with E-state index in [1.54, 1.807) is 23.2 Å². The largest absolute Gasteiger partial charge is 0.493 e. The number of allylic oxidation sites excluding steroid dienone is 1. The van der Waals surface area contributed by atoms with Crippen LogP contribution in [0, 0.1) is 23.1 Å². The number of nitrogens with two attached hydrogens (primary N) is 1. The number of rotatable bonds is 9. The summed E-state index contributed by atoms with van der Waals surface area (Å²) in [6.07, 6.45) is 6.99. The van der Waals surface area contributed by atoms with Crippen LogP contribution in [0.2, 0.25) is 0 Å². The molecule has 1 unspecified atom stereocenters. The van der Waals surface area contributed by atoms with Gasteiger partial charge in [0.05, 0.1) is 41.6 Å². The predicted octanol–water partition coefficient (Wildman–Crippen LogP) is 4.24. The molecule has 3 aromatic rings. The van der Waals surface area contributed by atoms with Gasteiger partial charge in [0.15, 0.2) is 0 Å². The average Bonchev–Trinajstić information content (AvgIpc) is 3.37. The third-order valence-electron chi connectivity index (χ3n) is 8.05. The number of imidazole rings is 1. The zero-order valence-corrected chi connectivity index (χ0v) is 23.7. The Bertz CT molecular complexity index is 1510. The van der Waals surface area contributed by atoms with Crippen LogP contribution in [-0.2, 0) is 12.8 Å². The van der Waals surface area contributed by atoms with Crippen molar-refractivity contribution in [3.63, 3.8) is 0 Å². The molecule has 1 aromatic carbocycles. The first-order chi connectivity index (χ1) is 19.8. The van der Waals surface area contributed by atoms with Gasteiger partial charge in [0.25, 0.3) is 0 Å². The van der Waals surface area contributed by atoms with Crippen LogP contribution in [0.5, 0.6) is 5.75 Å². The van der Waals surface area contributed by atoms with Crippen LogP contribution < -0.4 is 15.4 Å². The zero-order chi connectivity index (χ0) is 29.1. The van der Waals surface area contributed by atoms with E-state index in [1.165, 1.54) is 17.0 Å². The highest BCUT2D eigenvalue weighted by molar-refractivity contribution is 5.91. The maximum Gasteiger partial charge on any atom is 0.319 e. The molecule has 0 saturated carbocycles. The lowest BCUT2D eigenvalue weighted by atomic mass is 9.88. The molecule has 214 valence electrons. The Kier molecular flexibility index (Phi) is 8.31. The van der Waals surface area contributed by atoms with Gasteiger partial charge in [-0.1, -0.05) is 26.8 Å². The van der Waals surface area contributed by atoms with E-state index in [0.29, 0.717) is 67.6 Å². The second-order valence-corrected chi connectivity index (χ2v) is 10.5. The predicted molar refractivity (Wildman–Crippen MR) is 153 cm³/mol. The standard InChI is InChI=1S/C30H35FN8O2/c1-4-37(5-2)9-10-38(29(33)40)27-17-34-30(39-18-35-24-12-19(3)21(16-32)14-26(24)39)36-25(27)13-20-8-11-41-28-15-22(31)6-7-23(20)28/h6-7,14-15,17-20H,4-5,8-13H2,1-3H3,(H2,33,40)/t19?,20-/m0/s1. The van der Waals surface area contributed by atoms with E-state index in [9.17, 15) is 14.4 Å². The molecule has 2 amide bonds. The Labute approximate surface area is 239 Å². The third kappa shape index (κ3) is 5.79.